The lowest BCUT2D eigenvalue weighted by Crippen LogP contribution is -2.45. The Hall–Kier alpha value is -1.56. The number of nitrogens with zero attached hydrogens (tertiary/aromatic N) is 1. The number of halogens is 1. The molecule has 2 heterocycles. The summed E-state index contributed by atoms with van der Waals surface area (Å²) in [5, 5.41) is 0. The van der Waals surface area contributed by atoms with E-state index < -0.39 is 0 Å². The van der Waals surface area contributed by atoms with Gasteiger partial charge >= 0.3 is 0 Å². The molecule has 2 aliphatic heterocycles. The molecule has 3 rings (SSSR count). The largest absolute Gasteiger partial charge is 0.454 e. The Morgan fingerprint density at radius 3 is 2.67 bits per heavy atom. The van der Waals surface area contributed by atoms with Crippen LogP contribution in [0.5, 0.6) is 11.5 Å². The average molecular weight is 354 g/mol. The van der Waals surface area contributed by atoms with E-state index in [0.29, 0.717) is 6.42 Å². The number of hydrogen-bond acceptors (Lipinski definition) is 5. The fourth-order valence-electron chi connectivity index (χ4n) is 3.02. The molecule has 0 saturated carbocycles. The van der Waals surface area contributed by atoms with E-state index in [1.807, 2.05) is 24.3 Å². The van der Waals surface area contributed by atoms with Gasteiger partial charge in [0, 0.05) is 26.1 Å². The Balaban J connectivity index is 0.00000208. The van der Waals surface area contributed by atoms with E-state index in [-0.39, 0.29) is 37.2 Å². The molecule has 2 unspecified atom stereocenters. The molecule has 0 amide bonds. The number of carbonyl (C=O) groups excluding carboxylic acids is 1. The summed E-state index contributed by atoms with van der Waals surface area (Å²) in [6, 6.07) is 5.67. The Morgan fingerprint density at radius 2 is 1.92 bits per heavy atom. The summed E-state index contributed by atoms with van der Waals surface area (Å²) in [5.74, 6) is 1.62. The molecule has 6 heteroatoms. The van der Waals surface area contributed by atoms with Gasteiger partial charge in [-0.15, -0.1) is 12.4 Å². The van der Waals surface area contributed by atoms with Crippen LogP contribution >= 0.6 is 12.4 Å². The highest BCUT2D eigenvalue weighted by atomic mass is 35.5. The van der Waals surface area contributed by atoms with Crippen molar-refractivity contribution in [3.63, 3.8) is 0 Å². The second-order valence-electron chi connectivity index (χ2n) is 6.18. The molecule has 1 fully saturated rings. The Kier molecular flexibility index (Phi) is 6.66. The fraction of sp³-hybridized carbons (Fsp3) is 0.500. The first kappa shape index (κ1) is 18.8. The van der Waals surface area contributed by atoms with Gasteiger partial charge in [0.25, 0.3) is 0 Å². The van der Waals surface area contributed by atoms with E-state index in [2.05, 4.69) is 18.7 Å². The number of hydrogen-bond donors (Lipinski definition) is 0. The van der Waals surface area contributed by atoms with Crippen molar-refractivity contribution >= 4 is 24.3 Å². The molecule has 2 aliphatic rings. The second-order valence-corrected chi connectivity index (χ2v) is 6.18. The molecule has 132 valence electrons. The monoisotopic (exact) mass is 353 g/mol. The summed E-state index contributed by atoms with van der Waals surface area (Å²) in [6.07, 6.45) is 4.47. The van der Waals surface area contributed by atoms with Gasteiger partial charge < -0.3 is 14.2 Å². The topological polar surface area (TPSA) is 48.0 Å². The third-order valence-corrected chi connectivity index (χ3v) is 4.03. The van der Waals surface area contributed by atoms with E-state index in [1.165, 1.54) is 0 Å². The number of morpholine rings is 1. The van der Waals surface area contributed by atoms with Crippen LogP contribution in [0.15, 0.2) is 24.3 Å². The van der Waals surface area contributed by atoms with Crippen molar-refractivity contribution in [2.45, 2.75) is 32.5 Å². The molecule has 0 radical (unpaired) electrons. The summed E-state index contributed by atoms with van der Waals surface area (Å²) in [7, 11) is 0. The van der Waals surface area contributed by atoms with Gasteiger partial charge in [0.1, 0.15) is 0 Å². The van der Waals surface area contributed by atoms with Crippen LogP contribution in [0.4, 0.5) is 0 Å². The number of ether oxygens (including phenoxy) is 3. The normalized spacial score (nSPS) is 23.2. The van der Waals surface area contributed by atoms with Gasteiger partial charge in [-0.1, -0.05) is 12.1 Å². The van der Waals surface area contributed by atoms with Crippen LogP contribution < -0.4 is 9.47 Å². The standard InChI is InChI=1S/C18H23NO4.ClH/c1-13-10-19(11-14(2)23-13)8-7-16(20)5-3-15-4-6-17-18(9-15)22-12-21-17;/h3-6,9,13-14H,7-8,10-12H2,1-2H3;1H. The summed E-state index contributed by atoms with van der Waals surface area (Å²) >= 11 is 0. The van der Waals surface area contributed by atoms with Gasteiger partial charge in [0.2, 0.25) is 6.79 Å². The molecule has 0 bridgehead atoms. The maximum atomic E-state index is 12.1. The van der Waals surface area contributed by atoms with Crippen molar-refractivity contribution in [3.8, 4) is 11.5 Å². The fourth-order valence-corrected chi connectivity index (χ4v) is 3.02. The highest BCUT2D eigenvalue weighted by molar-refractivity contribution is 5.93. The number of fused-ring (bicyclic) bond motifs is 1. The zero-order valence-corrected chi connectivity index (χ0v) is 14.9. The minimum absolute atomic E-state index is 0. The smallest absolute Gasteiger partial charge is 0.231 e. The zero-order chi connectivity index (χ0) is 16.2. The zero-order valence-electron chi connectivity index (χ0n) is 14.1. The quantitative estimate of drug-likeness (QED) is 0.762. The first-order chi connectivity index (χ1) is 11.1. The lowest BCUT2D eigenvalue weighted by Gasteiger charge is -2.35. The lowest BCUT2D eigenvalue weighted by atomic mass is 10.1. The summed E-state index contributed by atoms with van der Waals surface area (Å²) in [6.45, 7) is 6.97. The van der Waals surface area contributed by atoms with E-state index in [0.717, 1.165) is 36.7 Å². The second kappa shape index (κ2) is 8.51. The third-order valence-electron chi connectivity index (χ3n) is 4.03. The molecule has 2 atom stereocenters. The minimum atomic E-state index is 0. The van der Waals surface area contributed by atoms with E-state index in [4.69, 9.17) is 14.2 Å². The van der Waals surface area contributed by atoms with Crippen molar-refractivity contribution in [2.75, 3.05) is 26.4 Å². The molecule has 1 aromatic carbocycles. The molecular weight excluding hydrogens is 330 g/mol. The maximum Gasteiger partial charge on any atom is 0.231 e. The van der Waals surface area contributed by atoms with Gasteiger partial charge in [0.15, 0.2) is 17.3 Å². The molecule has 5 nitrogen and oxygen atoms in total. The van der Waals surface area contributed by atoms with Crippen LogP contribution in [0.1, 0.15) is 25.8 Å². The first-order valence-corrected chi connectivity index (χ1v) is 8.08. The molecule has 0 spiro atoms. The Morgan fingerprint density at radius 1 is 1.21 bits per heavy atom. The number of ketones is 1. The van der Waals surface area contributed by atoms with Crippen LogP contribution in [0.2, 0.25) is 0 Å². The highest BCUT2D eigenvalue weighted by Gasteiger charge is 2.21. The van der Waals surface area contributed by atoms with Crippen LogP contribution in [-0.2, 0) is 9.53 Å². The molecule has 24 heavy (non-hydrogen) atoms. The molecule has 1 aromatic rings. The third kappa shape index (κ3) is 4.97. The number of rotatable bonds is 5. The van der Waals surface area contributed by atoms with Gasteiger partial charge in [-0.2, -0.15) is 0 Å². The van der Waals surface area contributed by atoms with Crippen LogP contribution in [0, 0.1) is 0 Å². The van der Waals surface area contributed by atoms with E-state index in [1.54, 1.807) is 6.08 Å². The van der Waals surface area contributed by atoms with Crippen molar-refractivity contribution in [1.82, 2.24) is 4.90 Å². The van der Waals surface area contributed by atoms with E-state index in [9.17, 15) is 4.79 Å². The Labute approximate surface area is 149 Å². The van der Waals surface area contributed by atoms with Crippen molar-refractivity contribution in [1.29, 1.82) is 0 Å². The summed E-state index contributed by atoms with van der Waals surface area (Å²) in [5.41, 5.74) is 0.941. The number of allylic oxidation sites excluding steroid dienone is 1. The van der Waals surface area contributed by atoms with Crippen LogP contribution in [-0.4, -0.2) is 49.3 Å². The number of carbonyl (C=O) groups is 1. The summed E-state index contributed by atoms with van der Waals surface area (Å²) < 4.78 is 16.3. The van der Waals surface area contributed by atoms with Gasteiger partial charge in [-0.05, 0) is 37.6 Å². The first-order valence-electron chi connectivity index (χ1n) is 8.08. The van der Waals surface area contributed by atoms with Crippen LogP contribution in [0.3, 0.4) is 0 Å². The maximum absolute atomic E-state index is 12.1. The SMILES string of the molecule is CC1CN(CCC(=O)C=Cc2ccc3c(c2)OCO3)CC(C)O1.Cl. The molecule has 0 aliphatic carbocycles. The average Bonchev–Trinajstić information content (AvgIpc) is 2.97. The van der Waals surface area contributed by atoms with Crippen LogP contribution in [0.25, 0.3) is 6.08 Å². The van der Waals surface area contributed by atoms with Crippen molar-refractivity contribution in [3.05, 3.63) is 29.8 Å². The van der Waals surface area contributed by atoms with Gasteiger partial charge in [-0.25, -0.2) is 0 Å². The number of benzene rings is 1. The molecular formula is C18H24ClNO4. The molecule has 0 aromatic heterocycles. The predicted molar refractivity (Wildman–Crippen MR) is 94.9 cm³/mol. The summed E-state index contributed by atoms with van der Waals surface area (Å²) in [4.78, 5) is 14.4. The molecule has 1 saturated heterocycles. The predicted octanol–water partition coefficient (Wildman–Crippen LogP) is 2.92. The highest BCUT2D eigenvalue weighted by Crippen LogP contribution is 2.32. The molecule has 0 N–H and O–H groups in total. The lowest BCUT2D eigenvalue weighted by molar-refractivity contribution is -0.116. The van der Waals surface area contributed by atoms with Gasteiger partial charge in [-0.3, -0.25) is 9.69 Å². The van der Waals surface area contributed by atoms with Crippen molar-refractivity contribution < 1.29 is 19.0 Å². The van der Waals surface area contributed by atoms with Crippen molar-refractivity contribution in [2.24, 2.45) is 0 Å². The van der Waals surface area contributed by atoms with E-state index >= 15 is 0 Å². The minimum Gasteiger partial charge on any atom is -0.454 e. The Bertz CT molecular complexity index is 595. The van der Waals surface area contributed by atoms with Gasteiger partial charge in [0.05, 0.1) is 12.2 Å².